The largest absolute Gasteiger partial charge is 0.355 e. The van der Waals surface area contributed by atoms with Gasteiger partial charge in [-0.25, -0.2) is 4.39 Å². The van der Waals surface area contributed by atoms with Crippen LogP contribution in [0.4, 0.5) is 4.39 Å². The zero-order chi connectivity index (χ0) is 17.9. The van der Waals surface area contributed by atoms with Crippen LogP contribution in [0.5, 0.6) is 0 Å². The van der Waals surface area contributed by atoms with Crippen LogP contribution in [0, 0.1) is 5.82 Å². The summed E-state index contributed by atoms with van der Waals surface area (Å²) in [5.41, 5.74) is 0.660. The molecule has 2 rings (SSSR count). The molecule has 2 aromatic rings. The van der Waals surface area contributed by atoms with Gasteiger partial charge in [-0.15, -0.1) is 0 Å². The van der Waals surface area contributed by atoms with Crippen molar-refractivity contribution in [2.75, 3.05) is 26.7 Å². The highest BCUT2D eigenvalue weighted by Crippen LogP contribution is 2.03. The van der Waals surface area contributed by atoms with Crippen LogP contribution in [0.3, 0.4) is 0 Å². The summed E-state index contributed by atoms with van der Waals surface area (Å²) in [4.78, 5) is 16.0. The van der Waals surface area contributed by atoms with Gasteiger partial charge in [0, 0.05) is 45.6 Å². The number of rotatable bonds is 8. The predicted molar refractivity (Wildman–Crippen MR) is 96.9 cm³/mol. The normalized spacial score (nSPS) is 11.2. The summed E-state index contributed by atoms with van der Waals surface area (Å²) in [6, 6.07) is 10.0. The number of amides is 1. The molecular formula is C18H24FN5O. The first kappa shape index (κ1) is 18.5. The molecule has 6 nitrogen and oxygen atoms in total. The number of nitrogens with one attached hydrogen (secondary N) is 3. The Morgan fingerprint density at radius 3 is 2.52 bits per heavy atom. The van der Waals surface area contributed by atoms with Gasteiger partial charge < -0.3 is 20.5 Å². The number of carbonyl (C=O) groups excluding carboxylic acids is 1. The Bertz CT molecular complexity index is 685. The number of hydrogen-bond acceptors (Lipinski definition) is 2. The van der Waals surface area contributed by atoms with Gasteiger partial charge >= 0.3 is 0 Å². The summed E-state index contributed by atoms with van der Waals surface area (Å²) in [6.45, 7) is 2.61. The molecule has 0 aliphatic heterocycles. The minimum absolute atomic E-state index is 0.136. The lowest BCUT2D eigenvalue weighted by Crippen LogP contribution is -2.42. The third kappa shape index (κ3) is 7.07. The van der Waals surface area contributed by atoms with Gasteiger partial charge in [0.2, 0.25) is 5.91 Å². The number of aromatic nitrogens is 1. The maximum atomic E-state index is 13.1. The molecule has 0 atom stereocenters. The average Bonchev–Trinajstić information content (AvgIpc) is 3.10. The van der Waals surface area contributed by atoms with E-state index in [0.29, 0.717) is 24.6 Å². The van der Waals surface area contributed by atoms with Gasteiger partial charge in [-0.2, -0.15) is 0 Å². The maximum absolute atomic E-state index is 13.1. The Labute approximate surface area is 147 Å². The van der Waals surface area contributed by atoms with Crippen molar-refractivity contribution in [3.8, 4) is 0 Å². The second kappa shape index (κ2) is 10.1. The molecule has 1 aromatic carbocycles. The molecule has 0 bridgehead atoms. The fourth-order valence-electron chi connectivity index (χ4n) is 2.32. The Morgan fingerprint density at radius 2 is 1.80 bits per heavy atom. The molecule has 1 aromatic heterocycles. The van der Waals surface area contributed by atoms with E-state index in [0.717, 1.165) is 13.1 Å². The molecule has 1 amide bonds. The Balaban J connectivity index is 1.59. The standard InChI is InChI=1S/C18H24FN5O/c1-20-18(23-9-12-24-10-2-3-11-24)22-8-7-21-17(25)14-15-5-4-6-16(19)13-15/h2-6,10-11,13H,7-9,12,14H2,1H3,(H,21,25)(H2,20,22,23). The van der Waals surface area contributed by atoms with Gasteiger partial charge in [-0.1, -0.05) is 12.1 Å². The molecule has 3 N–H and O–H groups in total. The quantitative estimate of drug-likeness (QED) is 0.382. The first-order chi connectivity index (χ1) is 12.2. The van der Waals surface area contributed by atoms with Crippen molar-refractivity contribution < 1.29 is 9.18 Å². The summed E-state index contributed by atoms with van der Waals surface area (Å²) in [7, 11) is 1.70. The lowest BCUT2D eigenvalue weighted by molar-refractivity contribution is -0.120. The SMILES string of the molecule is CN=C(NCCNC(=O)Cc1cccc(F)c1)NCCn1cccc1. The van der Waals surface area contributed by atoms with Gasteiger partial charge in [-0.05, 0) is 29.8 Å². The van der Waals surface area contributed by atoms with Gasteiger partial charge in [0.25, 0.3) is 0 Å². The van der Waals surface area contributed by atoms with Crippen LogP contribution in [0.15, 0.2) is 53.8 Å². The van der Waals surface area contributed by atoms with Crippen LogP contribution in [0.25, 0.3) is 0 Å². The van der Waals surface area contributed by atoms with Crippen molar-refractivity contribution in [1.29, 1.82) is 0 Å². The number of hydrogen-bond donors (Lipinski definition) is 3. The van der Waals surface area contributed by atoms with Crippen LogP contribution in [-0.2, 0) is 17.8 Å². The molecule has 25 heavy (non-hydrogen) atoms. The molecule has 0 fully saturated rings. The molecule has 134 valence electrons. The van der Waals surface area contributed by atoms with E-state index in [9.17, 15) is 9.18 Å². The van der Waals surface area contributed by atoms with Crippen LogP contribution in [0.1, 0.15) is 5.56 Å². The van der Waals surface area contributed by atoms with Crippen molar-refractivity contribution >= 4 is 11.9 Å². The third-order valence-corrected chi connectivity index (χ3v) is 3.55. The predicted octanol–water partition coefficient (Wildman–Crippen LogP) is 1.15. The maximum Gasteiger partial charge on any atom is 0.224 e. The van der Waals surface area contributed by atoms with E-state index in [1.54, 1.807) is 19.2 Å². The fraction of sp³-hybridized carbons (Fsp3) is 0.333. The zero-order valence-corrected chi connectivity index (χ0v) is 14.3. The van der Waals surface area contributed by atoms with Gasteiger partial charge in [-0.3, -0.25) is 9.79 Å². The highest BCUT2D eigenvalue weighted by molar-refractivity contribution is 5.80. The van der Waals surface area contributed by atoms with Crippen LogP contribution >= 0.6 is 0 Å². The number of aliphatic imine (C=N–C) groups is 1. The average molecular weight is 345 g/mol. The summed E-state index contributed by atoms with van der Waals surface area (Å²) in [5, 5.41) is 9.14. The van der Waals surface area contributed by atoms with Gasteiger partial charge in [0.15, 0.2) is 5.96 Å². The summed E-state index contributed by atoms with van der Waals surface area (Å²) in [6.07, 6.45) is 4.18. The van der Waals surface area contributed by atoms with E-state index in [2.05, 4.69) is 25.5 Å². The van der Waals surface area contributed by atoms with Crippen LogP contribution in [0.2, 0.25) is 0 Å². The lowest BCUT2D eigenvalue weighted by Gasteiger charge is -2.12. The molecule has 0 unspecified atom stereocenters. The van der Waals surface area contributed by atoms with E-state index in [4.69, 9.17) is 0 Å². The zero-order valence-electron chi connectivity index (χ0n) is 14.3. The molecule has 0 aliphatic rings. The van der Waals surface area contributed by atoms with Crippen LogP contribution in [-0.4, -0.2) is 43.1 Å². The van der Waals surface area contributed by atoms with Crippen molar-refractivity contribution in [3.63, 3.8) is 0 Å². The molecule has 0 saturated heterocycles. The molecule has 0 saturated carbocycles. The molecule has 1 heterocycles. The minimum Gasteiger partial charge on any atom is -0.355 e. The lowest BCUT2D eigenvalue weighted by atomic mass is 10.1. The van der Waals surface area contributed by atoms with Crippen LogP contribution < -0.4 is 16.0 Å². The van der Waals surface area contributed by atoms with Crippen molar-refractivity contribution in [1.82, 2.24) is 20.5 Å². The summed E-state index contributed by atoms with van der Waals surface area (Å²) < 4.78 is 15.2. The van der Waals surface area contributed by atoms with Gasteiger partial charge in [0.05, 0.1) is 6.42 Å². The van der Waals surface area contributed by atoms with Crippen molar-refractivity contribution in [2.24, 2.45) is 4.99 Å². The summed E-state index contributed by atoms with van der Waals surface area (Å²) >= 11 is 0. The van der Waals surface area contributed by atoms with E-state index < -0.39 is 0 Å². The topological polar surface area (TPSA) is 70.4 Å². The number of carbonyl (C=O) groups is 1. The molecular weight excluding hydrogens is 321 g/mol. The highest BCUT2D eigenvalue weighted by atomic mass is 19.1. The number of nitrogens with zero attached hydrogens (tertiary/aromatic N) is 2. The Kier molecular flexibility index (Phi) is 7.49. The van der Waals surface area contributed by atoms with Crippen molar-refractivity contribution in [2.45, 2.75) is 13.0 Å². The molecule has 0 radical (unpaired) electrons. The van der Waals surface area contributed by atoms with E-state index in [-0.39, 0.29) is 18.1 Å². The minimum atomic E-state index is -0.332. The Hall–Kier alpha value is -2.83. The third-order valence-electron chi connectivity index (χ3n) is 3.55. The molecule has 7 heteroatoms. The first-order valence-electron chi connectivity index (χ1n) is 8.24. The summed E-state index contributed by atoms with van der Waals surface area (Å²) in [5.74, 6) is 0.219. The van der Waals surface area contributed by atoms with E-state index >= 15 is 0 Å². The van der Waals surface area contributed by atoms with E-state index in [1.165, 1.54) is 12.1 Å². The molecule has 0 aliphatic carbocycles. The number of benzene rings is 1. The van der Waals surface area contributed by atoms with Crippen molar-refractivity contribution in [3.05, 3.63) is 60.2 Å². The first-order valence-corrected chi connectivity index (χ1v) is 8.24. The number of guanidine groups is 1. The fourth-order valence-corrected chi connectivity index (χ4v) is 2.32. The molecule has 0 spiro atoms. The second-order valence-electron chi connectivity index (χ2n) is 5.50. The van der Waals surface area contributed by atoms with Gasteiger partial charge in [0.1, 0.15) is 5.82 Å². The second-order valence-corrected chi connectivity index (χ2v) is 5.50. The smallest absolute Gasteiger partial charge is 0.224 e. The van der Waals surface area contributed by atoms with E-state index in [1.807, 2.05) is 24.5 Å². The highest BCUT2D eigenvalue weighted by Gasteiger charge is 2.04. The number of halogens is 1. The monoisotopic (exact) mass is 345 g/mol. The Morgan fingerprint density at radius 1 is 1.08 bits per heavy atom.